The molecule has 0 aliphatic carbocycles. The van der Waals surface area contributed by atoms with Gasteiger partial charge in [0.1, 0.15) is 0 Å². The van der Waals surface area contributed by atoms with Crippen LogP contribution in [0, 0.1) is 11.8 Å². The van der Waals surface area contributed by atoms with E-state index >= 15 is 0 Å². The molecule has 0 aromatic heterocycles. The number of halogens is 1. The third-order valence-electron chi connectivity index (χ3n) is 1.89. The molecule has 0 spiro atoms. The average molecular weight is 281 g/mol. The van der Waals surface area contributed by atoms with Gasteiger partial charge in [-0.25, -0.2) is 0 Å². The smallest absolute Gasteiger partial charge is 0.320 e. The van der Waals surface area contributed by atoms with Gasteiger partial charge in [-0.05, 0) is 19.8 Å². The Balaban J connectivity index is 4.56. The van der Waals surface area contributed by atoms with E-state index in [0.717, 1.165) is 0 Å². The lowest BCUT2D eigenvalue weighted by Gasteiger charge is -2.18. The average Bonchev–Trinajstić information content (AvgIpc) is 2.18. The number of hydrogen-bond donors (Lipinski definition) is 0. The molecule has 0 fully saturated rings. The van der Waals surface area contributed by atoms with E-state index in [2.05, 4.69) is 15.9 Å². The van der Waals surface area contributed by atoms with Crippen LogP contribution < -0.4 is 0 Å². The van der Waals surface area contributed by atoms with Crippen molar-refractivity contribution in [1.29, 1.82) is 0 Å². The minimum absolute atomic E-state index is 0.136. The molecule has 0 amide bonds. The topological polar surface area (TPSA) is 52.6 Å². The molecule has 4 nitrogen and oxygen atoms in total. The molecule has 0 aromatic rings. The minimum Gasteiger partial charge on any atom is -0.465 e. The molecule has 0 aliphatic heterocycles. The fraction of sp³-hybridized carbons (Fsp3) is 0.800. The first-order valence-electron chi connectivity index (χ1n) is 4.97. The number of carbonyl (C=O) groups excluding carboxylic acids is 2. The maximum Gasteiger partial charge on any atom is 0.320 e. The summed E-state index contributed by atoms with van der Waals surface area (Å²) in [5.74, 6) is -1.99. The van der Waals surface area contributed by atoms with Crippen LogP contribution in [0.1, 0.15) is 20.8 Å². The Kier molecular flexibility index (Phi) is 7.38. The Morgan fingerprint density at radius 3 is 1.80 bits per heavy atom. The van der Waals surface area contributed by atoms with Gasteiger partial charge in [0.15, 0.2) is 5.92 Å². The van der Waals surface area contributed by atoms with Crippen LogP contribution in [0.15, 0.2) is 0 Å². The lowest BCUT2D eigenvalue weighted by molar-refractivity contribution is -0.163. The summed E-state index contributed by atoms with van der Waals surface area (Å²) in [5, 5.41) is 0.551. The maximum absolute atomic E-state index is 11.5. The van der Waals surface area contributed by atoms with Gasteiger partial charge in [0.25, 0.3) is 0 Å². The molecule has 0 heterocycles. The van der Waals surface area contributed by atoms with E-state index in [4.69, 9.17) is 9.47 Å². The number of hydrogen-bond acceptors (Lipinski definition) is 4. The van der Waals surface area contributed by atoms with Crippen molar-refractivity contribution in [3.05, 3.63) is 0 Å². The molecule has 0 radical (unpaired) electrons. The Morgan fingerprint density at radius 2 is 1.53 bits per heavy atom. The van der Waals surface area contributed by atoms with Gasteiger partial charge < -0.3 is 9.47 Å². The SMILES string of the molecule is CCOC(=O)C(C(=O)OCC)[C@@H](C)CBr. The molecule has 0 saturated carbocycles. The molecular weight excluding hydrogens is 264 g/mol. The predicted octanol–water partition coefficient (Wildman–Crippen LogP) is 1.76. The van der Waals surface area contributed by atoms with Crippen molar-refractivity contribution in [3.63, 3.8) is 0 Å². The number of carbonyl (C=O) groups is 2. The summed E-state index contributed by atoms with van der Waals surface area (Å²) in [4.78, 5) is 23.0. The molecule has 88 valence electrons. The predicted molar refractivity (Wildman–Crippen MR) is 59.7 cm³/mol. The normalized spacial score (nSPS) is 12.3. The molecule has 1 atom stereocenters. The highest BCUT2D eigenvalue weighted by atomic mass is 79.9. The molecule has 5 heteroatoms. The molecule has 0 N–H and O–H groups in total. The summed E-state index contributed by atoms with van der Waals surface area (Å²) in [6.45, 7) is 5.75. The van der Waals surface area contributed by atoms with E-state index in [0.29, 0.717) is 5.33 Å². The molecule has 0 aliphatic rings. The molecule has 15 heavy (non-hydrogen) atoms. The molecule has 0 rings (SSSR count). The second-order valence-electron chi connectivity index (χ2n) is 3.11. The van der Waals surface area contributed by atoms with E-state index < -0.39 is 17.9 Å². The van der Waals surface area contributed by atoms with Gasteiger partial charge in [-0.1, -0.05) is 22.9 Å². The summed E-state index contributed by atoms with van der Waals surface area (Å²) in [6.07, 6.45) is 0. The van der Waals surface area contributed by atoms with Gasteiger partial charge >= 0.3 is 11.9 Å². The Labute approximate surface area is 98.4 Å². The van der Waals surface area contributed by atoms with Crippen molar-refractivity contribution in [2.75, 3.05) is 18.5 Å². The first-order valence-corrected chi connectivity index (χ1v) is 6.09. The van der Waals surface area contributed by atoms with Gasteiger partial charge in [0, 0.05) is 5.33 Å². The fourth-order valence-corrected chi connectivity index (χ4v) is 1.49. The van der Waals surface area contributed by atoms with Gasteiger partial charge in [-0.15, -0.1) is 0 Å². The number of rotatable bonds is 6. The van der Waals surface area contributed by atoms with Gasteiger partial charge in [0.2, 0.25) is 0 Å². The third-order valence-corrected chi connectivity index (χ3v) is 2.91. The molecule has 0 unspecified atom stereocenters. The Bertz CT molecular complexity index is 199. The highest BCUT2D eigenvalue weighted by Gasteiger charge is 2.34. The summed E-state index contributed by atoms with van der Waals surface area (Å²) in [5.41, 5.74) is 0. The van der Waals surface area contributed by atoms with Crippen molar-refractivity contribution in [2.24, 2.45) is 11.8 Å². The van der Waals surface area contributed by atoms with E-state index in [1.54, 1.807) is 20.8 Å². The highest BCUT2D eigenvalue weighted by molar-refractivity contribution is 9.09. The van der Waals surface area contributed by atoms with Gasteiger partial charge in [-0.3, -0.25) is 9.59 Å². The molecular formula is C10H17BrO4. The summed E-state index contributed by atoms with van der Waals surface area (Å²) < 4.78 is 9.67. The van der Waals surface area contributed by atoms with Crippen molar-refractivity contribution >= 4 is 27.9 Å². The first kappa shape index (κ1) is 14.4. The quantitative estimate of drug-likeness (QED) is 0.423. The van der Waals surface area contributed by atoms with Crippen LogP contribution in [-0.2, 0) is 19.1 Å². The third kappa shape index (κ3) is 4.64. The lowest BCUT2D eigenvalue weighted by atomic mass is 9.96. The van der Waals surface area contributed by atoms with E-state index in [9.17, 15) is 9.59 Å². The van der Waals surface area contributed by atoms with E-state index in [1.807, 2.05) is 0 Å². The summed E-state index contributed by atoms with van der Waals surface area (Å²) in [6, 6.07) is 0. The largest absolute Gasteiger partial charge is 0.465 e. The second-order valence-corrected chi connectivity index (χ2v) is 3.76. The molecule has 0 bridgehead atoms. The van der Waals surface area contributed by atoms with Crippen LogP contribution in [0.4, 0.5) is 0 Å². The standard InChI is InChI=1S/C10H17BrO4/c1-4-14-9(12)8(7(3)6-11)10(13)15-5-2/h7-8H,4-6H2,1-3H3/t7-/m0/s1. The Morgan fingerprint density at radius 1 is 1.13 bits per heavy atom. The van der Waals surface area contributed by atoms with Crippen LogP contribution in [0.2, 0.25) is 0 Å². The number of alkyl halides is 1. The highest BCUT2D eigenvalue weighted by Crippen LogP contribution is 2.17. The molecule has 0 saturated heterocycles. The molecule has 0 aromatic carbocycles. The van der Waals surface area contributed by atoms with E-state index in [1.165, 1.54) is 0 Å². The fourth-order valence-electron chi connectivity index (χ4n) is 1.11. The van der Waals surface area contributed by atoms with Crippen LogP contribution in [-0.4, -0.2) is 30.5 Å². The number of esters is 2. The van der Waals surface area contributed by atoms with E-state index in [-0.39, 0.29) is 19.1 Å². The maximum atomic E-state index is 11.5. The van der Waals surface area contributed by atoms with Gasteiger partial charge in [-0.2, -0.15) is 0 Å². The van der Waals surface area contributed by atoms with Crippen LogP contribution in [0.25, 0.3) is 0 Å². The zero-order valence-corrected chi connectivity index (χ0v) is 10.9. The summed E-state index contributed by atoms with van der Waals surface area (Å²) >= 11 is 3.24. The zero-order chi connectivity index (χ0) is 11.8. The van der Waals surface area contributed by atoms with Crippen molar-refractivity contribution in [2.45, 2.75) is 20.8 Å². The summed E-state index contributed by atoms with van der Waals surface area (Å²) in [7, 11) is 0. The zero-order valence-electron chi connectivity index (χ0n) is 9.29. The second kappa shape index (κ2) is 7.68. The van der Waals surface area contributed by atoms with Crippen molar-refractivity contribution in [3.8, 4) is 0 Å². The van der Waals surface area contributed by atoms with Crippen LogP contribution in [0.3, 0.4) is 0 Å². The van der Waals surface area contributed by atoms with Crippen LogP contribution in [0.5, 0.6) is 0 Å². The van der Waals surface area contributed by atoms with Crippen molar-refractivity contribution in [1.82, 2.24) is 0 Å². The van der Waals surface area contributed by atoms with Crippen molar-refractivity contribution < 1.29 is 19.1 Å². The monoisotopic (exact) mass is 280 g/mol. The number of ether oxygens (including phenoxy) is 2. The lowest BCUT2D eigenvalue weighted by Crippen LogP contribution is -2.34. The van der Waals surface area contributed by atoms with Gasteiger partial charge in [0.05, 0.1) is 13.2 Å². The first-order chi connectivity index (χ1) is 7.08. The van der Waals surface area contributed by atoms with Crippen LogP contribution >= 0.6 is 15.9 Å². The Hall–Kier alpha value is -0.580. The minimum atomic E-state index is -0.829.